The second-order valence-electron chi connectivity index (χ2n) is 6.50. The lowest BCUT2D eigenvalue weighted by Crippen LogP contribution is -2.35. The molecular weight excluding hydrogens is 320 g/mol. The van der Waals surface area contributed by atoms with Crippen LogP contribution in [0.3, 0.4) is 0 Å². The lowest BCUT2D eigenvalue weighted by Gasteiger charge is -2.31. The second-order valence-corrected chi connectivity index (χ2v) is 6.91. The largest absolute Gasteiger partial charge is 0.393 e. The van der Waals surface area contributed by atoms with Crippen molar-refractivity contribution in [3.63, 3.8) is 0 Å². The molecule has 2 aromatic carbocycles. The van der Waals surface area contributed by atoms with E-state index >= 15 is 0 Å². The standard InChI is InChI=1S/C20H25ClN2O/c1-15(22-14-17-4-2-3-5-20(17)21)16-6-8-18(9-7-16)23-12-10-19(24)11-13-23/h2-9,15,19,22,24H,10-14H2,1H3. The van der Waals surface area contributed by atoms with Crippen molar-refractivity contribution in [1.29, 1.82) is 0 Å². The van der Waals surface area contributed by atoms with Gasteiger partial charge in [0.2, 0.25) is 0 Å². The minimum absolute atomic E-state index is 0.130. The summed E-state index contributed by atoms with van der Waals surface area (Å²) in [6.07, 6.45) is 1.59. The number of anilines is 1. The SMILES string of the molecule is CC(NCc1ccccc1Cl)c1ccc(N2CCC(O)CC2)cc1. The fraction of sp³-hybridized carbons (Fsp3) is 0.400. The summed E-state index contributed by atoms with van der Waals surface area (Å²) >= 11 is 6.21. The Morgan fingerprint density at radius 1 is 1.12 bits per heavy atom. The van der Waals surface area contributed by atoms with Crippen LogP contribution in [0.2, 0.25) is 5.02 Å². The zero-order chi connectivity index (χ0) is 16.9. The van der Waals surface area contributed by atoms with Crippen molar-refractivity contribution in [3.05, 3.63) is 64.7 Å². The van der Waals surface area contributed by atoms with E-state index in [1.807, 2.05) is 18.2 Å². The van der Waals surface area contributed by atoms with Gasteiger partial charge in [0.25, 0.3) is 0 Å². The molecular formula is C20H25ClN2O. The first-order chi connectivity index (χ1) is 11.6. The first kappa shape index (κ1) is 17.3. The molecule has 0 radical (unpaired) electrons. The Kier molecular flexibility index (Phi) is 5.77. The highest BCUT2D eigenvalue weighted by atomic mass is 35.5. The van der Waals surface area contributed by atoms with Crippen LogP contribution in [0.1, 0.15) is 36.9 Å². The minimum atomic E-state index is -0.130. The lowest BCUT2D eigenvalue weighted by molar-refractivity contribution is 0.145. The fourth-order valence-corrected chi connectivity index (χ4v) is 3.32. The summed E-state index contributed by atoms with van der Waals surface area (Å²) in [4.78, 5) is 2.35. The topological polar surface area (TPSA) is 35.5 Å². The maximum Gasteiger partial charge on any atom is 0.0574 e. The third-order valence-corrected chi connectivity index (χ3v) is 5.15. The summed E-state index contributed by atoms with van der Waals surface area (Å²) in [5, 5.41) is 14.0. The van der Waals surface area contributed by atoms with E-state index in [2.05, 4.69) is 47.5 Å². The van der Waals surface area contributed by atoms with E-state index in [0.717, 1.165) is 43.1 Å². The average Bonchev–Trinajstić information content (AvgIpc) is 2.62. The third kappa shape index (κ3) is 4.29. The van der Waals surface area contributed by atoms with E-state index in [1.54, 1.807) is 0 Å². The van der Waals surface area contributed by atoms with Crippen LogP contribution >= 0.6 is 11.6 Å². The molecule has 1 unspecified atom stereocenters. The Morgan fingerprint density at radius 3 is 2.46 bits per heavy atom. The van der Waals surface area contributed by atoms with Gasteiger partial charge in [0.1, 0.15) is 0 Å². The van der Waals surface area contributed by atoms with Crippen LogP contribution < -0.4 is 10.2 Å². The van der Waals surface area contributed by atoms with Gasteiger partial charge in [0, 0.05) is 36.4 Å². The Hall–Kier alpha value is -1.55. The molecule has 1 heterocycles. The van der Waals surface area contributed by atoms with E-state index < -0.39 is 0 Å². The van der Waals surface area contributed by atoms with Gasteiger partial charge in [-0.05, 0) is 49.1 Å². The van der Waals surface area contributed by atoms with Crippen LogP contribution in [-0.4, -0.2) is 24.3 Å². The number of rotatable bonds is 5. The van der Waals surface area contributed by atoms with Gasteiger partial charge in [-0.25, -0.2) is 0 Å². The zero-order valence-electron chi connectivity index (χ0n) is 14.1. The smallest absolute Gasteiger partial charge is 0.0574 e. The Morgan fingerprint density at radius 2 is 1.79 bits per heavy atom. The van der Waals surface area contributed by atoms with Crippen LogP contribution in [-0.2, 0) is 6.54 Å². The van der Waals surface area contributed by atoms with Gasteiger partial charge in [0.05, 0.1) is 6.10 Å². The summed E-state index contributed by atoms with van der Waals surface area (Å²) in [6, 6.07) is 16.9. The number of hydrogen-bond donors (Lipinski definition) is 2. The van der Waals surface area contributed by atoms with Crippen LogP contribution in [0.25, 0.3) is 0 Å². The highest BCUT2D eigenvalue weighted by Gasteiger charge is 2.17. The van der Waals surface area contributed by atoms with Crippen molar-refractivity contribution in [3.8, 4) is 0 Å². The number of nitrogens with zero attached hydrogens (tertiary/aromatic N) is 1. The van der Waals surface area contributed by atoms with Crippen molar-refractivity contribution >= 4 is 17.3 Å². The third-order valence-electron chi connectivity index (χ3n) is 4.78. The molecule has 0 aliphatic carbocycles. The van der Waals surface area contributed by atoms with Crippen LogP contribution in [0.5, 0.6) is 0 Å². The Labute approximate surface area is 149 Å². The maximum absolute atomic E-state index is 9.62. The molecule has 0 amide bonds. The molecule has 1 aliphatic heterocycles. The van der Waals surface area contributed by atoms with Crippen molar-refractivity contribution < 1.29 is 5.11 Å². The molecule has 1 aliphatic rings. The molecule has 2 N–H and O–H groups in total. The van der Waals surface area contributed by atoms with Crippen molar-refractivity contribution in [2.75, 3.05) is 18.0 Å². The number of aliphatic hydroxyl groups is 1. The predicted octanol–water partition coefficient (Wildman–Crippen LogP) is 4.15. The van der Waals surface area contributed by atoms with Crippen LogP contribution in [0, 0.1) is 0 Å². The summed E-state index contributed by atoms with van der Waals surface area (Å²) in [5.74, 6) is 0. The molecule has 2 aromatic rings. The average molecular weight is 345 g/mol. The molecule has 0 spiro atoms. The maximum atomic E-state index is 9.62. The van der Waals surface area contributed by atoms with E-state index in [4.69, 9.17) is 11.6 Å². The fourth-order valence-electron chi connectivity index (χ4n) is 3.12. The number of benzene rings is 2. The van der Waals surface area contributed by atoms with Crippen molar-refractivity contribution in [2.45, 2.75) is 38.5 Å². The molecule has 1 fully saturated rings. The van der Waals surface area contributed by atoms with Gasteiger partial charge in [-0.2, -0.15) is 0 Å². The van der Waals surface area contributed by atoms with E-state index in [1.165, 1.54) is 11.3 Å². The van der Waals surface area contributed by atoms with Crippen LogP contribution in [0.4, 0.5) is 5.69 Å². The lowest BCUT2D eigenvalue weighted by atomic mass is 10.0. The molecule has 1 atom stereocenters. The Bertz CT molecular complexity index is 651. The van der Waals surface area contributed by atoms with Crippen molar-refractivity contribution in [2.24, 2.45) is 0 Å². The number of nitrogens with one attached hydrogen (secondary N) is 1. The van der Waals surface area contributed by atoms with Gasteiger partial charge in [-0.1, -0.05) is 41.9 Å². The van der Waals surface area contributed by atoms with Gasteiger partial charge < -0.3 is 15.3 Å². The number of halogens is 1. The number of piperidine rings is 1. The number of aliphatic hydroxyl groups excluding tert-OH is 1. The van der Waals surface area contributed by atoms with Gasteiger partial charge >= 0.3 is 0 Å². The molecule has 3 rings (SSSR count). The first-order valence-corrected chi connectivity index (χ1v) is 9.01. The Balaban J connectivity index is 1.57. The molecule has 0 saturated carbocycles. The quantitative estimate of drug-likeness (QED) is 0.855. The zero-order valence-corrected chi connectivity index (χ0v) is 14.8. The van der Waals surface area contributed by atoms with E-state index in [-0.39, 0.29) is 12.1 Å². The molecule has 0 aromatic heterocycles. The second kappa shape index (κ2) is 8.02. The molecule has 1 saturated heterocycles. The van der Waals surface area contributed by atoms with Crippen LogP contribution in [0.15, 0.2) is 48.5 Å². The summed E-state index contributed by atoms with van der Waals surface area (Å²) in [5.41, 5.74) is 3.63. The first-order valence-electron chi connectivity index (χ1n) is 8.63. The predicted molar refractivity (Wildman–Crippen MR) is 101 cm³/mol. The highest BCUT2D eigenvalue weighted by Crippen LogP contribution is 2.23. The molecule has 24 heavy (non-hydrogen) atoms. The molecule has 0 bridgehead atoms. The monoisotopic (exact) mass is 344 g/mol. The van der Waals surface area contributed by atoms with Gasteiger partial charge in [0.15, 0.2) is 0 Å². The molecule has 3 nitrogen and oxygen atoms in total. The summed E-state index contributed by atoms with van der Waals surface area (Å²) < 4.78 is 0. The normalized spacial score (nSPS) is 17.0. The van der Waals surface area contributed by atoms with E-state index in [9.17, 15) is 5.11 Å². The molecule has 128 valence electrons. The summed E-state index contributed by atoms with van der Waals surface area (Å²) in [6.45, 7) is 4.79. The highest BCUT2D eigenvalue weighted by molar-refractivity contribution is 6.31. The van der Waals surface area contributed by atoms with Gasteiger partial charge in [-0.15, -0.1) is 0 Å². The molecule has 4 heteroatoms. The summed E-state index contributed by atoms with van der Waals surface area (Å²) in [7, 11) is 0. The number of hydrogen-bond acceptors (Lipinski definition) is 3. The minimum Gasteiger partial charge on any atom is -0.393 e. The van der Waals surface area contributed by atoms with Gasteiger partial charge in [-0.3, -0.25) is 0 Å². The van der Waals surface area contributed by atoms with Crippen molar-refractivity contribution in [1.82, 2.24) is 5.32 Å². The van der Waals surface area contributed by atoms with E-state index in [0.29, 0.717) is 0 Å².